The Morgan fingerprint density at radius 1 is 0.879 bits per heavy atom. The number of fused-ring (bicyclic) bond motifs is 1. The van der Waals surface area contributed by atoms with Crippen molar-refractivity contribution in [2.24, 2.45) is 17.8 Å². The maximum absolute atomic E-state index is 13.6. The molecule has 5 rings (SSSR count). The molecule has 2 aliphatic carbocycles. The van der Waals surface area contributed by atoms with Crippen LogP contribution in [0.3, 0.4) is 0 Å². The monoisotopic (exact) mass is 456 g/mol. The molecule has 1 aromatic carbocycles. The van der Waals surface area contributed by atoms with E-state index >= 15 is 0 Å². The first kappa shape index (κ1) is 21.9. The summed E-state index contributed by atoms with van der Waals surface area (Å²) in [7, 11) is 0. The molecule has 1 saturated heterocycles. The van der Waals surface area contributed by atoms with Crippen molar-refractivity contribution in [2.45, 2.75) is 45.1 Å². The Balaban J connectivity index is 1.17. The van der Waals surface area contributed by atoms with Crippen molar-refractivity contribution in [3.8, 4) is 0 Å². The molecule has 0 unspecified atom stereocenters. The molecule has 0 radical (unpaired) electrons. The smallest absolute Gasteiger partial charge is 0.328 e. The number of carbonyl (C=O) groups excluding carboxylic acids is 2. The molecule has 2 saturated carbocycles. The average molecular weight is 457 g/mol. The van der Waals surface area contributed by atoms with Crippen LogP contribution in [0.15, 0.2) is 27.8 Å². The van der Waals surface area contributed by atoms with Gasteiger partial charge in [0.2, 0.25) is 11.8 Å². The molecule has 0 atom stereocenters. The van der Waals surface area contributed by atoms with E-state index in [1.807, 2.05) is 9.80 Å². The fourth-order valence-corrected chi connectivity index (χ4v) is 5.23. The quantitative estimate of drug-likeness (QED) is 0.758. The molecule has 3 fully saturated rings. The minimum Gasteiger partial charge on any atom is -0.339 e. The zero-order valence-corrected chi connectivity index (χ0v) is 18.6. The minimum atomic E-state index is -0.519. The molecular weight excluding hydrogens is 427 g/mol. The predicted octanol–water partition coefficient (Wildman–Crippen LogP) is 1.72. The molecular formula is C24H29FN4O4. The normalized spacial score (nSPS) is 23.7. The zero-order chi connectivity index (χ0) is 23.1. The molecule has 2 aromatic rings. The highest BCUT2D eigenvalue weighted by molar-refractivity contribution is 5.82. The first-order chi connectivity index (χ1) is 15.9. The van der Waals surface area contributed by atoms with Crippen LogP contribution in [-0.4, -0.2) is 57.3 Å². The molecule has 0 spiro atoms. The number of nitrogens with zero attached hydrogens (tertiary/aromatic N) is 3. The van der Waals surface area contributed by atoms with Crippen molar-refractivity contribution < 1.29 is 14.0 Å². The number of piperazine rings is 1. The number of aromatic amines is 1. The Labute approximate surface area is 190 Å². The number of halogens is 1. The van der Waals surface area contributed by atoms with Crippen LogP contribution in [0.4, 0.5) is 4.39 Å². The minimum absolute atomic E-state index is 0.0485. The van der Waals surface area contributed by atoms with Gasteiger partial charge in [0.15, 0.2) is 0 Å². The number of hydrogen-bond donors (Lipinski definition) is 1. The standard InChI is InChI=1S/C24H29FN4O4/c25-18-7-8-20-19(13-18)23(32)29(24(33)26-20)14-15-1-3-16(4-2-15)21(30)27-9-11-28(12-10-27)22(31)17-5-6-17/h7-8,13,15-17H,1-6,9-12,14H2,(H,26,33). The lowest BCUT2D eigenvalue weighted by Gasteiger charge is -2.38. The number of aromatic nitrogens is 2. The summed E-state index contributed by atoms with van der Waals surface area (Å²) < 4.78 is 14.7. The summed E-state index contributed by atoms with van der Waals surface area (Å²) in [6, 6.07) is 3.76. The summed E-state index contributed by atoms with van der Waals surface area (Å²) in [5, 5.41) is 0.165. The third-order valence-electron chi connectivity index (χ3n) is 7.41. The van der Waals surface area contributed by atoms with E-state index in [-0.39, 0.29) is 41.5 Å². The molecule has 1 aliphatic heterocycles. The van der Waals surface area contributed by atoms with E-state index in [0.29, 0.717) is 31.7 Å². The number of H-pyrrole nitrogens is 1. The number of rotatable bonds is 4. The van der Waals surface area contributed by atoms with E-state index in [0.717, 1.165) is 49.2 Å². The van der Waals surface area contributed by atoms with Crippen LogP contribution >= 0.6 is 0 Å². The molecule has 0 bridgehead atoms. The summed E-state index contributed by atoms with van der Waals surface area (Å²) in [6.45, 7) is 2.68. The van der Waals surface area contributed by atoms with E-state index in [4.69, 9.17) is 0 Å². The van der Waals surface area contributed by atoms with Gasteiger partial charge >= 0.3 is 5.69 Å². The highest BCUT2D eigenvalue weighted by Crippen LogP contribution is 2.33. The van der Waals surface area contributed by atoms with Gasteiger partial charge in [0, 0.05) is 44.6 Å². The second kappa shape index (κ2) is 8.76. The SMILES string of the molecule is O=C(C1CCC(Cn2c(=O)[nH]c3ccc(F)cc3c2=O)CC1)N1CCN(C(=O)C2CC2)CC1. The lowest BCUT2D eigenvalue weighted by Crippen LogP contribution is -2.52. The van der Waals surface area contributed by atoms with E-state index in [1.54, 1.807) is 0 Å². The van der Waals surface area contributed by atoms with Gasteiger partial charge in [-0.15, -0.1) is 0 Å². The lowest BCUT2D eigenvalue weighted by molar-refractivity contribution is -0.143. The van der Waals surface area contributed by atoms with Crippen LogP contribution in [0.2, 0.25) is 0 Å². The number of amides is 2. The van der Waals surface area contributed by atoms with Crippen molar-refractivity contribution in [1.82, 2.24) is 19.4 Å². The van der Waals surface area contributed by atoms with E-state index < -0.39 is 17.1 Å². The first-order valence-corrected chi connectivity index (χ1v) is 11.9. The maximum atomic E-state index is 13.6. The highest BCUT2D eigenvalue weighted by atomic mass is 19.1. The molecule has 1 N–H and O–H groups in total. The predicted molar refractivity (Wildman–Crippen MR) is 120 cm³/mol. The van der Waals surface area contributed by atoms with Gasteiger partial charge in [0.1, 0.15) is 5.82 Å². The molecule has 33 heavy (non-hydrogen) atoms. The molecule has 176 valence electrons. The van der Waals surface area contributed by atoms with Crippen LogP contribution in [-0.2, 0) is 16.1 Å². The zero-order valence-electron chi connectivity index (χ0n) is 18.6. The fraction of sp³-hybridized carbons (Fsp3) is 0.583. The Kier molecular flexibility index (Phi) is 5.80. The van der Waals surface area contributed by atoms with Gasteiger partial charge < -0.3 is 14.8 Å². The summed E-state index contributed by atoms with van der Waals surface area (Å²) in [6.07, 6.45) is 4.94. The van der Waals surface area contributed by atoms with Crippen LogP contribution in [0, 0.1) is 23.6 Å². The number of carbonyl (C=O) groups is 2. The molecule has 3 aliphatic rings. The fourth-order valence-electron chi connectivity index (χ4n) is 5.23. The van der Waals surface area contributed by atoms with Gasteiger partial charge in [0.05, 0.1) is 10.9 Å². The average Bonchev–Trinajstić information content (AvgIpc) is 3.68. The second-order valence-electron chi connectivity index (χ2n) is 9.68. The second-order valence-corrected chi connectivity index (χ2v) is 9.68. The first-order valence-electron chi connectivity index (χ1n) is 11.9. The Morgan fingerprint density at radius 3 is 1.97 bits per heavy atom. The van der Waals surface area contributed by atoms with Crippen LogP contribution in [0.25, 0.3) is 10.9 Å². The van der Waals surface area contributed by atoms with Crippen LogP contribution in [0.1, 0.15) is 38.5 Å². The lowest BCUT2D eigenvalue weighted by atomic mass is 9.81. The van der Waals surface area contributed by atoms with Gasteiger partial charge in [-0.05, 0) is 62.6 Å². The highest BCUT2D eigenvalue weighted by Gasteiger charge is 2.36. The van der Waals surface area contributed by atoms with Crippen molar-refractivity contribution in [2.75, 3.05) is 26.2 Å². The largest absolute Gasteiger partial charge is 0.339 e. The van der Waals surface area contributed by atoms with Crippen molar-refractivity contribution in [3.05, 3.63) is 44.9 Å². The van der Waals surface area contributed by atoms with Crippen molar-refractivity contribution >= 4 is 22.7 Å². The topological polar surface area (TPSA) is 95.5 Å². The molecule has 8 nitrogen and oxygen atoms in total. The Morgan fingerprint density at radius 2 is 1.42 bits per heavy atom. The third kappa shape index (κ3) is 4.45. The van der Waals surface area contributed by atoms with Gasteiger partial charge in [0.25, 0.3) is 5.56 Å². The van der Waals surface area contributed by atoms with Gasteiger partial charge in [-0.2, -0.15) is 0 Å². The van der Waals surface area contributed by atoms with E-state index in [1.165, 1.54) is 12.1 Å². The van der Waals surface area contributed by atoms with Gasteiger partial charge in [-0.25, -0.2) is 9.18 Å². The molecule has 1 aromatic heterocycles. The molecule has 2 heterocycles. The summed E-state index contributed by atoms with van der Waals surface area (Å²) in [5.74, 6) is 0.158. The van der Waals surface area contributed by atoms with Crippen molar-refractivity contribution in [3.63, 3.8) is 0 Å². The van der Waals surface area contributed by atoms with Crippen molar-refractivity contribution in [1.29, 1.82) is 0 Å². The molecule has 2 amide bonds. The Hall–Kier alpha value is -2.97. The summed E-state index contributed by atoms with van der Waals surface area (Å²) in [5.41, 5.74) is -0.642. The summed E-state index contributed by atoms with van der Waals surface area (Å²) >= 11 is 0. The van der Waals surface area contributed by atoms with E-state index in [2.05, 4.69) is 4.98 Å². The summed E-state index contributed by atoms with van der Waals surface area (Å²) in [4.78, 5) is 56.9. The Bertz CT molecular complexity index is 1190. The number of hydrogen-bond acceptors (Lipinski definition) is 4. The molecule has 9 heteroatoms. The number of benzene rings is 1. The third-order valence-corrected chi connectivity index (χ3v) is 7.41. The van der Waals surface area contributed by atoms with Gasteiger partial charge in [-0.3, -0.25) is 19.0 Å². The van der Waals surface area contributed by atoms with Gasteiger partial charge in [-0.1, -0.05) is 0 Å². The maximum Gasteiger partial charge on any atom is 0.328 e. The van der Waals surface area contributed by atoms with Crippen LogP contribution in [0.5, 0.6) is 0 Å². The number of nitrogens with one attached hydrogen (secondary N) is 1. The van der Waals surface area contributed by atoms with E-state index in [9.17, 15) is 23.6 Å². The van der Waals surface area contributed by atoms with Crippen LogP contribution < -0.4 is 11.2 Å².